The standard InChI is InChI=1S/C21H25N3O2/c1-2-12-3-4-17-16(8-12)18(19(25)22-17)23-24-20(26)21-9-13-5-14(10-21)7-15(6-13)11-21/h3-4,8,13-15,22,25H,2,5-7,9-11H2,1H3. The Bertz CT molecular complexity index is 876. The molecule has 2 N–H and O–H groups in total. The molecule has 4 aliphatic rings. The zero-order chi connectivity index (χ0) is 17.9. The Kier molecular flexibility index (Phi) is 3.49. The SMILES string of the molecule is CCc1ccc2[nH]c(O)c(N=NC(=O)C34CC5CC(CC(C5)C3)C4)c2c1. The van der Waals surface area contributed by atoms with Gasteiger partial charge >= 0.3 is 0 Å². The van der Waals surface area contributed by atoms with E-state index in [1.807, 2.05) is 18.2 Å². The first-order valence-electron chi connectivity index (χ1n) is 9.86. The summed E-state index contributed by atoms with van der Waals surface area (Å²) in [6, 6.07) is 5.97. The van der Waals surface area contributed by atoms with Crippen LogP contribution in [0.15, 0.2) is 28.4 Å². The predicted octanol–water partition coefficient (Wildman–Crippen LogP) is 5.26. The molecule has 0 radical (unpaired) electrons. The van der Waals surface area contributed by atoms with Crippen molar-refractivity contribution in [1.82, 2.24) is 4.98 Å². The molecule has 0 atom stereocenters. The van der Waals surface area contributed by atoms with Gasteiger partial charge in [0.25, 0.3) is 5.91 Å². The van der Waals surface area contributed by atoms with Gasteiger partial charge in [0, 0.05) is 5.39 Å². The maximum Gasteiger partial charge on any atom is 0.270 e. The number of aryl methyl sites for hydroxylation is 1. The minimum Gasteiger partial charge on any atom is -0.493 e. The summed E-state index contributed by atoms with van der Waals surface area (Å²) in [6.45, 7) is 2.09. The van der Waals surface area contributed by atoms with Gasteiger partial charge in [-0.05, 0) is 80.4 Å². The van der Waals surface area contributed by atoms with E-state index in [9.17, 15) is 9.90 Å². The minimum absolute atomic E-state index is 0.0182. The van der Waals surface area contributed by atoms with E-state index < -0.39 is 0 Å². The maximum absolute atomic E-state index is 13.0. The number of aromatic amines is 1. The quantitative estimate of drug-likeness (QED) is 0.740. The van der Waals surface area contributed by atoms with E-state index in [0.29, 0.717) is 23.4 Å². The van der Waals surface area contributed by atoms with E-state index >= 15 is 0 Å². The van der Waals surface area contributed by atoms with Crippen LogP contribution >= 0.6 is 0 Å². The van der Waals surface area contributed by atoms with Crippen LogP contribution in [0.5, 0.6) is 5.88 Å². The van der Waals surface area contributed by atoms with E-state index in [0.717, 1.165) is 36.6 Å². The number of aromatic nitrogens is 1. The number of fused-ring (bicyclic) bond motifs is 1. The lowest BCUT2D eigenvalue weighted by Gasteiger charge is -2.54. The second-order valence-electron chi connectivity index (χ2n) is 8.76. The van der Waals surface area contributed by atoms with Crippen LogP contribution in [0, 0.1) is 23.2 Å². The molecule has 5 nitrogen and oxygen atoms in total. The molecule has 0 saturated heterocycles. The highest BCUT2D eigenvalue weighted by Crippen LogP contribution is 2.60. The Labute approximate surface area is 152 Å². The van der Waals surface area contributed by atoms with Crippen LogP contribution in [-0.4, -0.2) is 16.0 Å². The fourth-order valence-corrected chi connectivity index (χ4v) is 6.11. The summed E-state index contributed by atoms with van der Waals surface area (Å²) in [6.07, 6.45) is 7.75. The second-order valence-corrected chi connectivity index (χ2v) is 8.76. The van der Waals surface area contributed by atoms with Crippen molar-refractivity contribution in [2.45, 2.75) is 51.9 Å². The topological polar surface area (TPSA) is 77.8 Å². The van der Waals surface area contributed by atoms with Crippen molar-refractivity contribution in [3.63, 3.8) is 0 Å². The molecule has 0 spiro atoms. The molecule has 1 aromatic carbocycles. The largest absolute Gasteiger partial charge is 0.493 e. The van der Waals surface area contributed by atoms with Crippen molar-refractivity contribution < 1.29 is 9.90 Å². The molecule has 4 saturated carbocycles. The van der Waals surface area contributed by atoms with E-state index in [1.54, 1.807) is 0 Å². The monoisotopic (exact) mass is 351 g/mol. The number of aromatic hydroxyl groups is 1. The van der Waals surface area contributed by atoms with E-state index in [-0.39, 0.29) is 17.2 Å². The summed E-state index contributed by atoms with van der Waals surface area (Å²) >= 11 is 0. The predicted molar refractivity (Wildman–Crippen MR) is 99.5 cm³/mol. The summed E-state index contributed by atoms with van der Waals surface area (Å²) in [5.41, 5.74) is 2.08. The Hall–Kier alpha value is -2.17. The van der Waals surface area contributed by atoms with Gasteiger partial charge in [0.1, 0.15) is 0 Å². The van der Waals surface area contributed by atoms with Gasteiger partial charge in [-0.1, -0.05) is 13.0 Å². The second kappa shape index (κ2) is 5.66. The smallest absolute Gasteiger partial charge is 0.270 e. The molecule has 5 heteroatoms. The van der Waals surface area contributed by atoms with Gasteiger partial charge in [-0.3, -0.25) is 4.79 Å². The molecular weight excluding hydrogens is 326 g/mol. The van der Waals surface area contributed by atoms with Crippen LogP contribution in [-0.2, 0) is 11.2 Å². The number of carbonyl (C=O) groups excluding carboxylic acids is 1. The fourth-order valence-electron chi connectivity index (χ4n) is 6.11. The molecule has 26 heavy (non-hydrogen) atoms. The summed E-state index contributed by atoms with van der Waals surface area (Å²) in [4.78, 5) is 15.9. The number of benzene rings is 1. The average molecular weight is 351 g/mol. The number of carbonyl (C=O) groups is 1. The molecule has 1 heterocycles. The third kappa shape index (κ3) is 2.40. The van der Waals surface area contributed by atoms with Crippen molar-refractivity contribution >= 4 is 22.5 Å². The molecule has 0 unspecified atom stereocenters. The van der Waals surface area contributed by atoms with E-state index in [4.69, 9.17) is 0 Å². The Morgan fingerprint density at radius 3 is 2.46 bits per heavy atom. The first-order chi connectivity index (χ1) is 12.6. The lowest BCUT2D eigenvalue weighted by molar-refractivity contribution is -0.142. The van der Waals surface area contributed by atoms with Crippen LogP contribution in [0.4, 0.5) is 5.69 Å². The van der Waals surface area contributed by atoms with Gasteiger partial charge in [0.2, 0.25) is 5.88 Å². The first-order valence-corrected chi connectivity index (χ1v) is 9.86. The Morgan fingerprint density at radius 1 is 1.19 bits per heavy atom. The van der Waals surface area contributed by atoms with Gasteiger partial charge in [-0.25, -0.2) is 0 Å². The zero-order valence-corrected chi connectivity index (χ0v) is 15.2. The summed E-state index contributed by atoms with van der Waals surface area (Å²) in [7, 11) is 0. The third-order valence-electron chi connectivity index (χ3n) is 6.96. The van der Waals surface area contributed by atoms with Crippen molar-refractivity contribution in [2.24, 2.45) is 33.4 Å². The molecule has 1 amide bonds. The number of hydrogen-bond donors (Lipinski definition) is 2. The molecular formula is C21H25N3O2. The van der Waals surface area contributed by atoms with Crippen LogP contribution in [0.1, 0.15) is 51.0 Å². The number of nitrogens with zero attached hydrogens (tertiary/aromatic N) is 2. The number of hydrogen-bond acceptors (Lipinski definition) is 3. The van der Waals surface area contributed by atoms with Gasteiger partial charge in [-0.2, -0.15) is 0 Å². The van der Waals surface area contributed by atoms with Crippen LogP contribution in [0.25, 0.3) is 10.9 Å². The van der Waals surface area contributed by atoms with Crippen molar-refractivity contribution in [1.29, 1.82) is 0 Å². The molecule has 2 aromatic rings. The zero-order valence-electron chi connectivity index (χ0n) is 15.2. The Morgan fingerprint density at radius 2 is 1.85 bits per heavy atom. The highest BCUT2D eigenvalue weighted by molar-refractivity contribution is 5.95. The average Bonchev–Trinajstić information content (AvgIpc) is 2.92. The van der Waals surface area contributed by atoms with Crippen molar-refractivity contribution in [3.05, 3.63) is 23.8 Å². The van der Waals surface area contributed by atoms with Crippen LogP contribution < -0.4 is 0 Å². The molecule has 4 fully saturated rings. The molecule has 4 aliphatic carbocycles. The number of amides is 1. The van der Waals surface area contributed by atoms with Crippen molar-refractivity contribution in [3.8, 4) is 5.88 Å². The summed E-state index contributed by atoms with van der Waals surface area (Å²) in [5, 5.41) is 19.4. The van der Waals surface area contributed by atoms with Crippen molar-refractivity contribution in [2.75, 3.05) is 0 Å². The molecule has 6 rings (SSSR count). The molecule has 136 valence electrons. The highest BCUT2D eigenvalue weighted by atomic mass is 16.3. The van der Waals surface area contributed by atoms with Gasteiger partial charge in [-0.15, -0.1) is 10.2 Å². The molecule has 4 bridgehead atoms. The van der Waals surface area contributed by atoms with E-state index in [2.05, 4.69) is 22.1 Å². The maximum atomic E-state index is 13.0. The van der Waals surface area contributed by atoms with Crippen LogP contribution in [0.3, 0.4) is 0 Å². The third-order valence-corrected chi connectivity index (χ3v) is 6.96. The number of H-pyrrole nitrogens is 1. The minimum atomic E-state index is -0.283. The highest BCUT2D eigenvalue weighted by Gasteiger charge is 2.54. The lowest BCUT2D eigenvalue weighted by atomic mass is 9.49. The van der Waals surface area contributed by atoms with Crippen LogP contribution in [0.2, 0.25) is 0 Å². The number of rotatable bonds is 3. The summed E-state index contributed by atoms with van der Waals surface area (Å²) in [5.74, 6) is 2.02. The first kappa shape index (κ1) is 16.0. The number of azo groups is 1. The fraction of sp³-hybridized carbons (Fsp3) is 0.571. The van der Waals surface area contributed by atoms with E-state index in [1.165, 1.54) is 24.8 Å². The molecule has 0 aliphatic heterocycles. The van der Waals surface area contributed by atoms with Gasteiger partial charge < -0.3 is 10.1 Å². The normalized spacial score (nSPS) is 32.7. The van der Waals surface area contributed by atoms with Gasteiger partial charge in [0.05, 0.1) is 10.9 Å². The summed E-state index contributed by atoms with van der Waals surface area (Å²) < 4.78 is 0. The molecule has 1 aromatic heterocycles. The number of nitrogens with one attached hydrogen (secondary N) is 1. The Balaban J connectivity index is 1.46. The van der Waals surface area contributed by atoms with Gasteiger partial charge in [0.15, 0.2) is 5.69 Å². The lowest BCUT2D eigenvalue weighted by Crippen LogP contribution is -2.49.